The smallest absolute Gasteiger partial charge is 0.274 e. The highest BCUT2D eigenvalue weighted by Crippen LogP contribution is 2.19. The van der Waals surface area contributed by atoms with Gasteiger partial charge in [-0.3, -0.25) is 9.78 Å². The third-order valence-corrected chi connectivity index (χ3v) is 3.81. The molecule has 0 radical (unpaired) electrons. The predicted octanol–water partition coefficient (Wildman–Crippen LogP) is 4.53. The summed E-state index contributed by atoms with van der Waals surface area (Å²) in [6.07, 6.45) is 1.46. The molecular formula is C20H17F2N3O. The van der Waals surface area contributed by atoms with Crippen molar-refractivity contribution in [2.45, 2.75) is 13.5 Å². The maximum absolute atomic E-state index is 13.7. The zero-order valence-corrected chi connectivity index (χ0v) is 14.1. The van der Waals surface area contributed by atoms with E-state index in [1.54, 1.807) is 6.07 Å². The molecule has 0 saturated heterocycles. The summed E-state index contributed by atoms with van der Waals surface area (Å²) < 4.78 is 27.3. The van der Waals surface area contributed by atoms with Gasteiger partial charge in [-0.15, -0.1) is 0 Å². The summed E-state index contributed by atoms with van der Waals surface area (Å²) in [5, 5.41) is 5.42. The lowest BCUT2D eigenvalue weighted by Crippen LogP contribution is -2.16. The van der Waals surface area contributed by atoms with Crippen molar-refractivity contribution >= 4 is 17.3 Å². The van der Waals surface area contributed by atoms with E-state index < -0.39 is 23.2 Å². The van der Waals surface area contributed by atoms with Gasteiger partial charge in [0, 0.05) is 18.4 Å². The molecule has 0 aliphatic carbocycles. The molecule has 0 unspecified atom stereocenters. The van der Waals surface area contributed by atoms with Crippen LogP contribution in [-0.2, 0) is 6.54 Å². The number of para-hydroxylation sites is 1. The molecule has 0 aliphatic heterocycles. The topological polar surface area (TPSA) is 54.0 Å². The fraction of sp³-hybridized carbons (Fsp3) is 0.100. The second-order valence-corrected chi connectivity index (χ2v) is 5.82. The Balaban J connectivity index is 1.70. The maximum Gasteiger partial charge on any atom is 0.274 e. The summed E-state index contributed by atoms with van der Waals surface area (Å²) in [5.41, 5.74) is 2.52. The van der Waals surface area contributed by atoms with Crippen molar-refractivity contribution in [2.75, 3.05) is 10.6 Å². The van der Waals surface area contributed by atoms with Crippen LogP contribution in [0.3, 0.4) is 0 Å². The average molecular weight is 353 g/mol. The zero-order valence-electron chi connectivity index (χ0n) is 14.1. The molecule has 1 aromatic heterocycles. The number of benzene rings is 2. The van der Waals surface area contributed by atoms with E-state index in [1.165, 1.54) is 23.9 Å². The molecule has 0 spiro atoms. The summed E-state index contributed by atoms with van der Waals surface area (Å²) in [4.78, 5) is 16.2. The van der Waals surface area contributed by atoms with E-state index in [4.69, 9.17) is 0 Å². The molecule has 3 rings (SSSR count). The fourth-order valence-electron chi connectivity index (χ4n) is 2.37. The Bertz CT molecular complexity index is 906. The summed E-state index contributed by atoms with van der Waals surface area (Å²) in [6, 6.07) is 14.7. The Hall–Kier alpha value is -3.28. The van der Waals surface area contributed by atoms with E-state index in [2.05, 4.69) is 15.6 Å². The Morgan fingerprint density at radius 1 is 1.04 bits per heavy atom. The normalized spacial score (nSPS) is 10.4. The van der Waals surface area contributed by atoms with Crippen molar-refractivity contribution in [1.29, 1.82) is 0 Å². The van der Waals surface area contributed by atoms with Gasteiger partial charge in [-0.05, 0) is 36.8 Å². The lowest BCUT2D eigenvalue weighted by atomic mass is 10.1. The first-order chi connectivity index (χ1) is 12.5. The third-order valence-electron chi connectivity index (χ3n) is 3.81. The Morgan fingerprint density at radius 2 is 1.73 bits per heavy atom. The van der Waals surface area contributed by atoms with E-state index in [0.717, 1.165) is 17.7 Å². The van der Waals surface area contributed by atoms with Gasteiger partial charge in [0.05, 0.1) is 0 Å². The summed E-state index contributed by atoms with van der Waals surface area (Å²) in [6.45, 7) is 2.59. The number of aryl methyl sites for hydroxylation is 1. The lowest BCUT2D eigenvalue weighted by molar-refractivity contribution is 0.102. The Kier molecular flexibility index (Phi) is 5.22. The highest BCUT2D eigenvalue weighted by Gasteiger charge is 2.14. The molecule has 0 fully saturated rings. The minimum atomic E-state index is -0.841. The molecule has 26 heavy (non-hydrogen) atoms. The molecule has 1 amide bonds. The van der Waals surface area contributed by atoms with Gasteiger partial charge in [0.25, 0.3) is 5.91 Å². The molecule has 0 aliphatic rings. The molecule has 6 heteroatoms. The van der Waals surface area contributed by atoms with Gasteiger partial charge in [-0.2, -0.15) is 0 Å². The number of halogens is 2. The summed E-state index contributed by atoms with van der Waals surface area (Å²) >= 11 is 0. The fourth-order valence-corrected chi connectivity index (χ4v) is 2.37. The number of nitrogens with zero attached hydrogens (tertiary/aromatic N) is 1. The second kappa shape index (κ2) is 7.74. The molecule has 4 nitrogen and oxygen atoms in total. The number of carbonyl (C=O) groups excluding carboxylic acids is 1. The van der Waals surface area contributed by atoms with Gasteiger partial charge >= 0.3 is 0 Å². The number of carbonyl (C=O) groups is 1. The minimum absolute atomic E-state index is 0.0570. The van der Waals surface area contributed by atoms with Gasteiger partial charge in [-0.1, -0.05) is 35.9 Å². The van der Waals surface area contributed by atoms with Crippen LogP contribution in [0.4, 0.5) is 20.2 Å². The molecule has 1 heterocycles. The molecule has 0 saturated carbocycles. The van der Waals surface area contributed by atoms with Crippen LogP contribution in [-0.4, -0.2) is 10.9 Å². The standard InChI is InChI=1S/C20H17F2N3O/c1-13-5-7-14(8-6-13)12-24-15-9-10-23-18(11-15)20(26)25-19-16(21)3-2-4-17(19)22/h2-11H,12H2,1H3,(H,23,24)(H,25,26). The molecule has 132 valence electrons. The quantitative estimate of drug-likeness (QED) is 0.708. The first-order valence-corrected chi connectivity index (χ1v) is 8.04. The average Bonchev–Trinajstić information content (AvgIpc) is 2.64. The molecule has 3 aromatic rings. The molecule has 2 N–H and O–H groups in total. The van der Waals surface area contributed by atoms with Gasteiger partial charge in [-0.25, -0.2) is 8.78 Å². The number of hydrogen-bond acceptors (Lipinski definition) is 3. The first kappa shape index (κ1) is 17.5. The number of rotatable bonds is 5. The van der Waals surface area contributed by atoms with Gasteiger partial charge in [0.15, 0.2) is 0 Å². The van der Waals surface area contributed by atoms with Gasteiger partial charge < -0.3 is 10.6 Å². The number of nitrogens with one attached hydrogen (secondary N) is 2. The van der Waals surface area contributed by atoms with Crippen LogP contribution in [0, 0.1) is 18.6 Å². The monoisotopic (exact) mass is 353 g/mol. The van der Waals surface area contributed by atoms with Crippen LogP contribution in [0.15, 0.2) is 60.8 Å². The van der Waals surface area contributed by atoms with Crippen LogP contribution in [0.5, 0.6) is 0 Å². The van der Waals surface area contributed by atoms with Crippen molar-refractivity contribution in [3.63, 3.8) is 0 Å². The van der Waals surface area contributed by atoms with E-state index in [9.17, 15) is 13.6 Å². The summed E-state index contributed by atoms with van der Waals surface area (Å²) in [7, 11) is 0. The number of aromatic nitrogens is 1. The first-order valence-electron chi connectivity index (χ1n) is 8.04. The van der Waals surface area contributed by atoms with Crippen LogP contribution in [0.1, 0.15) is 21.6 Å². The van der Waals surface area contributed by atoms with E-state index in [0.29, 0.717) is 12.2 Å². The van der Waals surface area contributed by atoms with Crippen LogP contribution in [0.2, 0.25) is 0 Å². The zero-order chi connectivity index (χ0) is 18.5. The van der Waals surface area contributed by atoms with Crippen molar-refractivity contribution in [3.05, 3.63) is 89.2 Å². The molecule has 0 atom stereocenters. The van der Waals surface area contributed by atoms with E-state index >= 15 is 0 Å². The van der Waals surface area contributed by atoms with Crippen molar-refractivity contribution in [2.24, 2.45) is 0 Å². The Morgan fingerprint density at radius 3 is 2.42 bits per heavy atom. The third kappa shape index (κ3) is 4.22. The maximum atomic E-state index is 13.7. The highest BCUT2D eigenvalue weighted by molar-refractivity contribution is 6.03. The largest absolute Gasteiger partial charge is 0.381 e. The van der Waals surface area contributed by atoms with Crippen molar-refractivity contribution < 1.29 is 13.6 Å². The summed E-state index contributed by atoms with van der Waals surface area (Å²) in [5.74, 6) is -2.37. The van der Waals surface area contributed by atoms with Gasteiger partial charge in [0.1, 0.15) is 23.0 Å². The number of amides is 1. The van der Waals surface area contributed by atoms with Crippen LogP contribution in [0.25, 0.3) is 0 Å². The molecule has 2 aromatic carbocycles. The van der Waals surface area contributed by atoms with Crippen molar-refractivity contribution in [1.82, 2.24) is 4.98 Å². The number of hydrogen-bond donors (Lipinski definition) is 2. The van der Waals surface area contributed by atoms with E-state index in [1.807, 2.05) is 31.2 Å². The van der Waals surface area contributed by atoms with Crippen LogP contribution >= 0.6 is 0 Å². The highest BCUT2D eigenvalue weighted by atomic mass is 19.1. The molecule has 0 bridgehead atoms. The minimum Gasteiger partial charge on any atom is -0.381 e. The van der Waals surface area contributed by atoms with E-state index in [-0.39, 0.29) is 5.69 Å². The number of pyridine rings is 1. The SMILES string of the molecule is Cc1ccc(CNc2ccnc(C(=O)Nc3c(F)cccc3F)c2)cc1. The van der Waals surface area contributed by atoms with Gasteiger partial charge in [0.2, 0.25) is 0 Å². The van der Waals surface area contributed by atoms with Crippen molar-refractivity contribution in [3.8, 4) is 0 Å². The Labute approximate surface area is 149 Å². The number of anilines is 2. The predicted molar refractivity (Wildman–Crippen MR) is 97.1 cm³/mol. The molecular weight excluding hydrogens is 336 g/mol. The lowest BCUT2D eigenvalue weighted by Gasteiger charge is -2.10. The second-order valence-electron chi connectivity index (χ2n) is 5.82. The van der Waals surface area contributed by atoms with Crippen LogP contribution < -0.4 is 10.6 Å².